The highest BCUT2D eigenvalue weighted by molar-refractivity contribution is 5.97. The van der Waals surface area contributed by atoms with Crippen LogP contribution in [0.4, 0.5) is 5.69 Å². The van der Waals surface area contributed by atoms with E-state index in [1.54, 1.807) is 19.4 Å². The van der Waals surface area contributed by atoms with E-state index in [1.165, 1.54) is 0 Å². The Kier molecular flexibility index (Phi) is 7.87. The number of rotatable bonds is 8. The predicted octanol–water partition coefficient (Wildman–Crippen LogP) is 4.73. The molecule has 1 aliphatic carbocycles. The Hall–Kier alpha value is -3.89. The molecule has 0 aliphatic heterocycles. The number of nitrogens with zero attached hydrogens (tertiary/aromatic N) is 3. The van der Waals surface area contributed by atoms with Crippen molar-refractivity contribution in [2.24, 2.45) is 0 Å². The van der Waals surface area contributed by atoms with Gasteiger partial charge in [0.2, 0.25) is 0 Å². The van der Waals surface area contributed by atoms with Gasteiger partial charge < -0.3 is 20.3 Å². The van der Waals surface area contributed by atoms with Crippen molar-refractivity contribution in [2.75, 3.05) is 33.1 Å². The van der Waals surface area contributed by atoms with Crippen LogP contribution < -0.4 is 15.4 Å². The van der Waals surface area contributed by atoms with Gasteiger partial charge in [0.1, 0.15) is 11.4 Å². The van der Waals surface area contributed by atoms with Crippen LogP contribution >= 0.6 is 0 Å². The number of amides is 1. The standard InChI is InChI=1S/C29H33N5O2/c1-19(17-30)18-32-28-24-15-21(9-8-20(24)10-13-27(28)36-4)23-16-22(34(2)3)11-12-25(23)33-29(35)26-7-5-6-14-31-26/h5-10,13-15,22-23,25,32H,1,11-12,16,18H2,2-4H3,(H,33,35)/t22-,23-,25-/m0/s1. The molecule has 1 aliphatic rings. The van der Waals surface area contributed by atoms with Gasteiger partial charge in [-0.2, -0.15) is 5.26 Å². The van der Waals surface area contributed by atoms with Gasteiger partial charge in [0.15, 0.2) is 0 Å². The zero-order valence-corrected chi connectivity index (χ0v) is 21.1. The van der Waals surface area contributed by atoms with E-state index in [9.17, 15) is 4.79 Å². The Balaban J connectivity index is 1.71. The monoisotopic (exact) mass is 483 g/mol. The minimum Gasteiger partial charge on any atom is -0.495 e. The molecule has 1 heterocycles. The first-order valence-electron chi connectivity index (χ1n) is 12.2. The van der Waals surface area contributed by atoms with Gasteiger partial charge in [0, 0.05) is 41.7 Å². The van der Waals surface area contributed by atoms with E-state index in [0.717, 1.165) is 41.3 Å². The fourth-order valence-corrected chi connectivity index (χ4v) is 5.03. The molecule has 7 nitrogen and oxygen atoms in total. The molecule has 4 rings (SSSR count). The van der Waals surface area contributed by atoms with Gasteiger partial charge in [0.25, 0.3) is 5.91 Å². The largest absolute Gasteiger partial charge is 0.495 e. The van der Waals surface area contributed by atoms with E-state index in [1.807, 2.05) is 24.3 Å². The first-order chi connectivity index (χ1) is 17.4. The SMILES string of the molecule is C=C(C#N)CNc1c(OC)ccc2ccc([C@@H]3C[C@@H](N(C)C)CC[C@@H]3NC(=O)c3ccccn3)cc12. The highest BCUT2D eigenvalue weighted by Crippen LogP contribution is 2.39. The molecule has 1 amide bonds. The first-order valence-corrected chi connectivity index (χ1v) is 12.2. The Morgan fingerprint density at radius 3 is 2.72 bits per heavy atom. The van der Waals surface area contributed by atoms with Crippen molar-refractivity contribution in [3.8, 4) is 11.8 Å². The molecule has 1 saturated carbocycles. The molecule has 0 unspecified atom stereocenters. The number of fused-ring (bicyclic) bond motifs is 1. The molecule has 186 valence electrons. The summed E-state index contributed by atoms with van der Waals surface area (Å²) in [5.41, 5.74) is 2.88. The number of carbonyl (C=O) groups excluding carboxylic acids is 1. The quantitative estimate of drug-likeness (QED) is 0.450. The number of nitrogens with one attached hydrogen (secondary N) is 2. The predicted molar refractivity (Wildman–Crippen MR) is 143 cm³/mol. The zero-order chi connectivity index (χ0) is 25.7. The van der Waals surface area contributed by atoms with Crippen LogP contribution in [0.2, 0.25) is 0 Å². The van der Waals surface area contributed by atoms with Gasteiger partial charge in [-0.25, -0.2) is 0 Å². The molecular formula is C29H33N5O2. The minimum atomic E-state index is -0.145. The number of aromatic nitrogens is 1. The van der Waals surface area contributed by atoms with Crippen LogP contribution in [0.1, 0.15) is 41.2 Å². The van der Waals surface area contributed by atoms with Crippen LogP contribution in [0, 0.1) is 11.3 Å². The van der Waals surface area contributed by atoms with Crippen molar-refractivity contribution in [3.05, 3.63) is 78.1 Å². The molecule has 3 aromatic rings. The number of methoxy groups -OCH3 is 1. The van der Waals surface area contributed by atoms with Crippen LogP contribution in [0.25, 0.3) is 10.8 Å². The second kappa shape index (κ2) is 11.2. The van der Waals surface area contributed by atoms with Gasteiger partial charge in [-0.15, -0.1) is 0 Å². The molecular weight excluding hydrogens is 450 g/mol. The van der Waals surface area contributed by atoms with E-state index >= 15 is 0 Å². The second-order valence-electron chi connectivity index (χ2n) is 9.52. The molecule has 0 saturated heterocycles. The summed E-state index contributed by atoms with van der Waals surface area (Å²) in [6.07, 6.45) is 4.47. The highest BCUT2D eigenvalue weighted by atomic mass is 16.5. The second-order valence-corrected chi connectivity index (χ2v) is 9.52. The number of pyridine rings is 1. The zero-order valence-electron chi connectivity index (χ0n) is 21.1. The third-order valence-corrected chi connectivity index (χ3v) is 7.06. The molecule has 0 radical (unpaired) electrons. The van der Waals surface area contributed by atoms with Crippen LogP contribution in [-0.4, -0.2) is 55.6 Å². The molecule has 1 aromatic heterocycles. The third-order valence-electron chi connectivity index (χ3n) is 7.06. The fourth-order valence-electron chi connectivity index (χ4n) is 5.03. The van der Waals surface area contributed by atoms with Crippen LogP contribution in [0.3, 0.4) is 0 Å². The Bertz CT molecular complexity index is 1280. The average Bonchev–Trinajstić information content (AvgIpc) is 2.91. The van der Waals surface area contributed by atoms with Crippen molar-refractivity contribution in [2.45, 2.75) is 37.3 Å². The molecule has 3 atom stereocenters. The average molecular weight is 484 g/mol. The number of hydrogen-bond acceptors (Lipinski definition) is 6. The molecule has 2 N–H and O–H groups in total. The topological polar surface area (TPSA) is 90.3 Å². The van der Waals surface area contributed by atoms with Crippen molar-refractivity contribution in [1.82, 2.24) is 15.2 Å². The summed E-state index contributed by atoms with van der Waals surface area (Å²) in [6, 6.07) is 18.3. The highest BCUT2D eigenvalue weighted by Gasteiger charge is 2.34. The summed E-state index contributed by atoms with van der Waals surface area (Å²) in [6.45, 7) is 4.13. The summed E-state index contributed by atoms with van der Waals surface area (Å²) < 4.78 is 5.63. The van der Waals surface area contributed by atoms with Gasteiger partial charge in [-0.1, -0.05) is 30.8 Å². The van der Waals surface area contributed by atoms with E-state index in [4.69, 9.17) is 10.00 Å². The normalized spacial score (nSPS) is 19.5. The van der Waals surface area contributed by atoms with Gasteiger partial charge in [0.05, 0.1) is 18.9 Å². The molecule has 36 heavy (non-hydrogen) atoms. The maximum atomic E-state index is 13.0. The number of anilines is 1. The van der Waals surface area contributed by atoms with E-state index in [-0.39, 0.29) is 17.9 Å². The summed E-state index contributed by atoms with van der Waals surface area (Å²) in [5.74, 6) is 0.699. The number of ether oxygens (including phenoxy) is 1. The van der Waals surface area contributed by atoms with Gasteiger partial charge in [-0.3, -0.25) is 9.78 Å². The molecule has 1 fully saturated rings. The summed E-state index contributed by atoms with van der Waals surface area (Å²) in [7, 11) is 5.87. The van der Waals surface area contributed by atoms with Crippen LogP contribution in [-0.2, 0) is 0 Å². The van der Waals surface area contributed by atoms with Crippen molar-refractivity contribution >= 4 is 22.4 Å². The van der Waals surface area contributed by atoms with E-state index in [0.29, 0.717) is 29.6 Å². The molecule has 2 aromatic carbocycles. The molecule has 7 heteroatoms. The third kappa shape index (κ3) is 5.50. The van der Waals surface area contributed by atoms with Gasteiger partial charge >= 0.3 is 0 Å². The Labute approximate surface area is 212 Å². The number of nitriles is 1. The van der Waals surface area contributed by atoms with Gasteiger partial charge in [-0.05, 0) is 68.6 Å². The van der Waals surface area contributed by atoms with Crippen molar-refractivity contribution in [1.29, 1.82) is 5.26 Å². The summed E-state index contributed by atoms with van der Waals surface area (Å²) >= 11 is 0. The Morgan fingerprint density at radius 1 is 1.22 bits per heavy atom. The molecule has 0 spiro atoms. The lowest BCUT2D eigenvalue weighted by Gasteiger charge is -2.39. The molecule has 0 bridgehead atoms. The fraction of sp³-hybridized carbons (Fsp3) is 0.345. The maximum absolute atomic E-state index is 13.0. The lowest BCUT2D eigenvalue weighted by molar-refractivity contribution is 0.0898. The Morgan fingerprint density at radius 2 is 2.03 bits per heavy atom. The minimum absolute atomic E-state index is 0.00598. The summed E-state index contributed by atoms with van der Waals surface area (Å²) in [4.78, 5) is 19.5. The van der Waals surface area contributed by atoms with Crippen LogP contribution in [0.15, 0.2) is 66.9 Å². The number of benzene rings is 2. The number of carbonyl (C=O) groups is 1. The van der Waals surface area contributed by atoms with Crippen LogP contribution in [0.5, 0.6) is 5.75 Å². The van der Waals surface area contributed by atoms with E-state index in [2.05, 4.69) is 65.5 Å². The maximum Gasteiger partial charge on any atom is 0.270 e. The van der Waals surface area contributed by atoms with Crippen molar-refractivity contribution in [3.63, 3.8) is 0 Å². The number of hydrogen-bond donors (Lipinski definition) is 2. The van der Waals surface area contributed by atoms with E-state index < -0.39 is 0 Å². The summed E-state index contributed by atoms with van der Waals surface area (Å²) in [5, 5.41) is 17.9. The smallest absolute Gasteiger partial charge is 0.270 e. The van der Waals surface area contributed by atoms with Crippen molar-refractivity contribution < 1.29 is 9.53 Å². The lowest BCUT2D eigenvalue weighted by atomic mass is 9.76. The lowest BCUT2D eigenvalue weighted by Crippen LogP contribution is -2.46. The first kappa shape index (κ1) is 25.2.